The van der Waals surface area contributed by atoms with E-state index in [0.717, 1.165) is 37.7 Å². The average molecular weight is 652 g/mol. The Hall–Kier alpha value is -4.71. The number of hydrogen-bond donors (Lipinski definition) is 3. The van der Waals surface area contributed by atoms with Crippen molar-refractivity contribution >= 4 is 35.6 Å². The third-order valence-corrected chi connectivity index (χ3v) is 7.73. The fourth-order valence-corrected chi connectivity index (χ4v) is 5.28. The zero-order valence-electron chi connectivity index (χ0n) is 27.3. The Morgan fingerprint density at radius 3 is 2.34 bits per heavy atom. The van der Waals surface area contributed by atoms with Gasteiger partial charge in [-0.3, -0.25) is 24.0 Å². The first kappa shape index (κ1) is 36.8. The lowest BCUT2D eigenvalue weighted by Crippen LogP contribution is -2.55. The Labute approximate surface area is 275 Å². The number of hydrogen-bond acceptors (Lipinski definition) is 9. The van der Waals surface area contributed by atoms with Crippen LogP contribution < -0.4 is 25.4 Å². The van der Waals surface area contributed by atoms with Gasteiger partial charge in [-0.1, -0.05) is 62.4 Å². The van der Waals surface area contributed by atoms with E-state index in [4.69, 9.17) is 18.9 Å². The predicted octanol–water partition coefficient (Wildman–Crippen LogP) is 3.12. The first-order valence-electron chi connectivity index (χ1n) is 15.8. The van der Waals surface area contributed by atoms with Gasteiger partial charge in [0.05, 0.1) is 34.0 Å². The van der Waals surface area contributed by atoms with E-state index in [9.17, 15) is 24.0 Å². The molecule has 47 heavy (non-hydrogen) atoms. The number of amides is 3. The zero-order chi connectivity index (χ0) is 34.0. The van der Waals surface area contributed by atoms with Crippen molar-refractivity contribution in [1.29, 1.82) is 0 Å². The average Bonchev–Trinajstić information content (AvgIpc) is 3.09. The summed E-state index contributed by atoms with van der Waals surface area (Å²) < 4.78 is 21.2. The van der Waals surface area contributed by atoms with E-state index in [-0.39, 0.29) is 25.7 Å². The van der Waals surface area contributed by atoms with Crippen LogP contribution in [0, 0.1) is 5.92 Å². The van der Waals surface area contributed by atoms with Crippen molar-refractivity contribution in [2.75, 3.05) is 34.0 Å². The van der Waals surface area contributed by atoms with E-state index in [1.807, 2.05) is 30.3 Å². The summed E-state index contributed by atoms with van der Waals surface area (Å²) >= 11 is 0. The molecule has 1 unspecified atom stereocenters. The highest BCUT2D eigenvalue weighted by atomic mass is 16.5. The van der Waals surface area contributed by atoms with Crippen molar-refractivity contribution < 1.29 is 42.9 Å². The first-order chi connectivity index (χ1) is 22.7. The molecule has 2 atom stereocenters. The molecule has 12 heteroatoms. The van der Waals surface area contributed by atoms with Crippen LogP contribution in [0.15, 0.2) is 54.6 Å². The largest absolute Gasteiger partial charge is 0.497 e. The molecule has 3 N–H and O–H groups in total. The van der Waals surface area contributed by atoms with Crippen molar-refractivity contribution in [1.82, 2.24) is 16.0 Å². The molecule has 0 aliphatic heterocycles. The minimum atomic E-state index is -1.38. The number of carbonyl (C=O) groups excluding carboxylic acids is 5. The maximum Gasteiger partial charge on any atom is 0.325 e. The molecule has 0 aromatic heterocycles. The van der Waals surface area contributed by atoms with Crippen LogP contribution in [0.2, 0.25) is 0 Å². The van der Waals surface area contributed by atoms with Gasteiger partial charge >= 0.3 is 5.97 Å². The fraction of sp³-hybridized carbons (Fsp3) is 0.457. The number of ketones is 1. The predicted molar refractivity (Wildman–Crippen MR) is 174 cm³/mol. The van der Waals surface area contributed by atoms with E-state index in [1.54, 1.807) is 31.2 Å². The third kappa shape index (κ3) is 12.5. The Morgan fingerprint density at radius 2 is 1.66 bits per heavy atom. The molecule has 3 amide bonds. The first-order valence-corrected chi connectivity index (χ1v) is 15.8. The van der Waals surface area contributed by atoms with E-state index in [1.165, 1.54) is 20.3 Å². The Balaban J connectivity index is 1.77. The van der Waals surface area contributed by atoms with Gasteiger partial charge < -0.3 is 34.9 Å². The minimum absolute atomic E-state index is 0.116. The molecule has 0 spiro atoms. The molecular formula is C35H45N3O9. The molecule has 0 bridgehead atoms. The van der Waals surface area contributed by atoms with Gasteiger partial charge in [0.25, 0.3) is 5.91 Å². The summed E-state index contributed by atoms with van der Waals surface area (Å²) in [6.45, 7) is 1.05. The van der Waals surface area contributed by atoms with Gasteiger partial charge in [0.1, 0.15) is 30.1 Å². The highest BCUT2D eigenvalue weighted by Gasteiger charge is 2.32. The van der Waals surface area contributed by atoms with Gasteiger partial charge in [0, 0.05) is 11.6 Å². The Morgan fingerprint density at radius 1 is 0.915 bits per heavy atom. The fourth-order valence-electron chi connectivity index (χ4n) is 5.28. The van der Waals surface area contributed by atoms with Gasteiger partial charge in [-0.2, -0.15) is 0 Å². The van der Waals surface area contributed by atoms with E-state index >= 15 is 0 Å². The van der Waals surface area contributed by atoms with Gasteiger partial charge in [-0.15, -0.1) is 0 Å². The van der Waals surface area contributed by atoms with Crippen LogP contribution in [0.3, 0.4) is 0 Å². The number of rotatable bonds is 18. The van der Waals surface area contributed by atoms with Crippen LogP contribution in [-0.4, -0.2) is 75.5 Å². The summed E-state index contributed by atoms with van der Waals surface area (Å²) in [6, 6.07) is 12.0. The zero-order valence-corrected chi connectivity index (χ0v) is 27.3. The van der Waals surface area contributed by atoms with Gasteiger partial charge in [0.15, 0.2) is 0 Å². The summed E-state index contributed by atoms with van der Waals surface area (Å²) in [5.74, 6) is -2.63. The molecule has 0 heterocycles. The highest BCUT2D eigenvalue weighted by molar-refractivity contribution is 6.38. The Bertz CT molecular complexity index is 1370. The second-order valence-corrected chi connectivity index (χ2v) is 11.2. The lowest BCUT2D eigenvalue weighted by atomic mass is 9.84. The van der Waals surface area contributed by atoms with Crippen LogP contribution in [0.5, 0.6) is 11.5 Å². The molecule has 12 nitrogen and oxygen atoms in total. The number of carbonyl (C=O) groups is 5. The van der Waals surface area contributed by atoms with Crippen LogP contribution >= 0.6 is 0 Å². The molecule has 2 aromatic carbocycles. The van der Waals surface area contributed by atoms with Crippen molar-refractivity contribution in [3.63, 3.8) is 0 Å². The van der Waals surface area contributed by atoms with Crippen LogP contribution in [0.25, 0.3) is 6.08 Å². The molecular weight excluding hydrogens is 606 g/mol. The topological polar surface area (TPSA) is 158 Å². The molecule has 1 aliphatic rings. The van der Waals surface area contributed by atoms with Crippen LogP contribution in [0.4, 0.5) is 0 Å². The maximum absolute atomic E-state index is 13.7. The summed E-state index contributed by atoms with van der Waals surface area (Å²) in [6.07, 6.45) is 8.20. The van der Waals surface area contributed by atoms with E-state index in [2.05, 4.69) is 16.0 Å². The summed E-state index contributed by atoms with van der Waals surface area (Å²) in [7, 11) is 3.05. The van der Waals surface area contributed by atoms with Gasteiger partial charge in [-0.25, -0.2) is 0 Å². The lowest BCUT2D eigenvalue weighted by Gasteiger charge is -2.27. The van der Waals surface area contributed by atoms with Crippen LogP contribution in [0.1, 0.15) is 56.6 Å². The molecule has 1 aliphatic carbocycles. The standard InChI is InChI=1S/C35H45N3O9/c1-4-47-32(40)21-36-35(43)33(41)29(23-46-22-25-13-9-6-10-14-25)38-34(42)28(19-24-11-7-5-8-12-24)37-31(39)18-15-26-20-27(44-2)16-17-30(26)45-3/h6,9-10,13-18,20,24,28-29H,4-5,7-8,11-12,19,21-23H2,1-3H3,(H,36,43)(H,37,39)(H,38,42)/t28-,29?/m1/s1. The summed E-state index contributed by atoms with van der Waals surface area (Å²) in [4.78, 5) is 64.5. The van der Waals surface area contributed by atoms with Crippen molar-refractivity contribution in [3.8, 4) is 11.5 Å². The van der Waals surface area contributed by atoms with Crippen molar-refractivity contribution in [2.45, 2.75) is 64.1 Å². The highest BCUT2D eigenvalue weighted by Crippen LogP contribution is 2.28. The molecule has 0 saturated heterocycles. The van der Waals surface area contributed by atoms with Crippen molar-refractivity contribution in [2.24, 2.45) is 5.92 Å². The number of ether oxygens (including phenoxy) is 4. The smallest absolute Gasteiger partial charge is 0.325 e. The quantitative estimate of drug-likeness (QED) is 0.125. The molecule has 0 radical (unpaired) electrons. The molecule has 1 saturated carbocycles. The molecule has 3 rings (SSSR count). The Kier molecular flexibility index (Phi) is 15.4. The maximum atomic E-state index is 13.7. The molecule has 1 fully saturated rings. The minimum Gasteiger partial charge on any atom is -0.497 e. The van der Waals surface area contributed by atoms with Gasteiger partial charge in [-0.05, 0) is 49.1 Å². The molecule has 254 valence electrons. The monoisotopic (exact) mass is 651 g/mol. The van der Waals surface area contributed by atoms with E-state index in [0.29, 0.717) is 23.5 Å². The number of nitrogens with one attached hydrogen (secondary N) is 3. The summed E-state index contributed by atoms with van der Waals surface area (Å²) in [5.41, 5.74) is 1.43. The van der Waals surface area contributed by atoms with E-state index < -0.39 is 48.1 Å². The second kappa shape index (κ2) is 19.7. The number of esters is 1. The number of benzene rings is 2. The normalized spacial score (nSPS) is 14.4. The lowest BCUT2D eigenvalue weighted by molar-refractivity contribution is -0.146. The van der Waals surface area contributed by atoms with Crippen LogP contribution in [-0.2, 0) is 40.1 Å². The third-order valence-electron chi connectivity index (χ3n) is 7.73. The van der Waals surface area contributed by atoms with Gasteiger partial charge in [0.2, 0.25) is 17.6 Å². The van der Waals surface area contributed by atoms with Crippen molar-refractivity contribution in [3.05, 3.63) is 65.7 Å². The second-order valence-electron chi connectivity index (χ2n) is 11.2. The number of Topliss-reactive ketones (excluding diaryl/α,β-unsaturated/α-hetero) is 1. The SMILES string of the molecule is CCOC(=O)CNC(=O)C(=O)C(COCc1ccccc1)NC(=O)[C@@H](CC1CCCCC1)NC(=O)C=Cc1cc(OC)ccc1OC. The number of methoxy groups -OCH3 is 2. The summed E-state index contributed by atoms with van der Waals surface area (Å²) in [5, 5.41) is 7.66. The molecule has 2 aromatic rings.